The van der Waals surface area contributed by atoms with Gasteiger partial charge in [-0.2, -0.15) is 0 Å². The van der Waals surface area contributed by atoms with Gasteiger partial charge < -0.3 is 15.1 Å². The molecule has 0 spiro atoms. The number of thiazole rings is 1. The molecule has 150 valence electrons. The monoisotopic (exact) mass is 503 g/mol. The van der Waals surface area contributed by atoms with E-state index in [4.69, 9.17) is 4.42 Å². The van der Waals surface area contributed by atoms with Gasteiger partial charge in [0.25, 0.3) is 0 Å². The van der Waals surface area contributed by atoms with E-state index in [2.05, 4.69) is 38.5 Å². The second-order valence-electron chi connectivity index (χ2n) is 6.76. The van der Waals surface area contributed by atoms with Crippen molar-refractivity contribution in [3.8, 4) is 0 Å². The molecule has 1 aliphatic rings. The van der Waals surface area contributed by atoms with E-state index in [1.807, 2.05) is 27.0 Å². The molecule has 0 aliphatic carbocycles. The maximum atomic E-state index is 5.92. The fraction of sp³-hybridized carbons (Fsp3) is 0.579. The van der Waals surface area contributed by atoms with Crippen LogP contribution in [0.15, 0.2) is 21.5 Å². The zero-order valence-corrected chi connectivity index (χ0v) is 19.7. The van der Waals surface area contributed by atoms with Crippen molar-refractivity contribution in [2.75, 3.05) is 26.7 Å². The molecule has 1 aliphatic heterocycles. The molecule has 1 saturated heterocycles. The van der Waals surface area contributed by atoms with Crippen LogP contribution in [0.5, 0.6) is 0 Å². The van der Waals surface area contributed by atoms with Crippen molar-refractivity contribution in [1.29, 1.82) is 0 Å². The first-order valence-corrected chi connectivity index (χ1v) is 10.1. The van der Waals surface area contributed by atoms with Gasteiger partial charge in [-0.1, -0.05) is 0 Å². The van der Waals surface area contributed by atoms with E-state index in [9.17, 15) is 0 Å². The average Bonchev–Trinajstić information content (AvgIpc) is 3.34. The van der Waals surface area contributed by atoms with Crippen LogP contribution >= 0.6 is 35.3 Å². The van der Waals surface area contributed by atoms with Crippen LogP contribution in [0.25, 0.3) is 0 Å². The summed E-state index contributed by atoms with van der Waals surface area (Å²) in [6.45, 7) is 9.85. The van der Waals surface area contributed by atoms with Crippen molar-refractivity contribution < 1.29 is 4.42 Å². The molecule has 0 bridgehead atoms. The van der Waals surface area contributed by atoms with Crippen LogP contribution < -0.4 is 10.6 Å². The van der Waals surface area contributed by atoms with Gasteiger partial charge in [-0.15, -0.1) is 35.3 Å². The number of halogens is 1. The summed E-state index contributed by atoms with van der Waals surface area (Å²) in [5.74, 6) is 2.80. The third-order valence-electron chi connectivity index (χ3n) is 4.77. The minimum atomic E-state index is 0. The second kappa shape index (κ2) is 10.4. The lowest BCUT2D eigenvalue weighted by molar-refractivity contribution is 0.213. The number of aliphatic imine (C=N–C) groups is 1. The molecule has 1 fully saturated rings. The lowest BCUT2D eigenvalue weighted by Crippen LogP contribution is -2.42. The number of rotatable bonds is 6. The number of aromatic nitrogens is 1. The van der Waals surface area contributed by atoms with Crippen molar-refractivity contribution >= 4 is 41.3 Å². The SMILES string of the molecule is CN=C(NCc1sc(C)nc1C)NCC(c1ccc(C)o1)N1CCCC1.I. The third kappa shape index (κ3) is 5.92. The summed E-state index contributed by atoms with van der Waals surface area (Å²) in [7, 11) is 1.81. The predicted octanol–water partition coefficient (Wildman–Crippen LogP) is 3.78. The smallest absolute Gasteiger partial charge is 0.191 e. The second-order valence-corrected chi connectivity index (χ2v) is 8.04. The van der Waals surface area contributed by atoms with Crippen LogP contribution in [0, 0.1) is 20.8 Å². The van der Waals surface area contributed by atoms with Crippen LogP contribution in [0.2, 0.25) is 0 Å². The molecular formula is C19H30IN5OS. The molecule has 1 atom stereocenters. The molecule has 1 unspecified atom stereocenters. The normalized spacial score (nSPS) is 16.2. The Morgan fingerprint density at radius 2 is 2.00 bits per heavy atom. The standard InChI is InChI=1S/C19H29N5OS.HI/c1-13-7-8-17(25-13)16(24-9-5-6-10-24)11-21-19(20-4)22-12-18-14(2)23-15(3)26-18;/h7-8,16H,5-6,9-12H2,1-4H3,(H2,20,21,22);1H. The molecule has 2 aromatic heterocycles. The summed E-state index contributed by atoms with van der Waals surface area (Å²) in [6.07, 6.45) is 2.51. The Hall–Kier alpha value is -1.13. The van der Waals surface area contributed by atoms with Gasteiger partial charge in [-0.25, -0.2) is 4.98 Å². The van der Waals surface area contributed by atoms with Crippen molar-refractivity contribution in [2.45, 2.75) is 46.2 Å². The topological polar surface area (TPSA) is 65.7 Å². The third-order valence-corrected chi connectivity index (χ3v) is 5.85. The number of nitrogens with one attached hydrogen (secondary N) is 2. The highest BCUT2D eigenvalue weighted by Crippen LogP contribution is 2.26. The Balaban J connectivity index is 0.00000261. The highest BCUT2D eigenvalue weighted by molar-refractivity contribution is 14.0. The summed E-state index contributed by atoms with van der Waals surface area (Å²) >= 11 is 1.73. The first-order valence-electron chi connectivity index (χ1n) is 9.24. The lowest BCUT2D eigenvalue weighted by atomic mass is 10.2. The summed E-state index contributed by atoms with van der Waals surface area (Å²) in [6, 6.07) is 4.37. The van der Waals surface area contributed by atoms with Crippen LogP contribution in [-0.4, -0.2) is 42.5 Å². The molecule has 0 radical (unpaired) electrons. The zero-order chi connectivity index (χ0) is 18.5. The number of furan rings is 1. The molecule has 3 heterocycles. The van der Waals surface area contributed by atoms with Gasteiger partial charge in [0.1, 0.15) is 11.5 Å². The van der Waals surface area contributed by atoms with E-state index in [1.54, 1.807) is 11.3 Å². The number of hydrogen-bond acceptors (Lipinski definition) is 5. The molecule has 0 saturated carbocycles. The quantitative estimate of drug-likeness (QED) is 0.357. The Morgan fingerprint density at radius 3 is 2.56 bits per heavy atom. The molecule has 0 aromatic carbocycles. The van der Waals surface area contributed by atoms with Crippen LogP contribution in [0.1, 0.15) is 46.0 Å². The van der Waals surface area contributed by atoms with Crippen LogP contribution in [0.3, 0.4) is 0 Å². The molecule has 0 amide bonds. The largest absolute Gasteiger partial charge is 0.465 e. The highest BCUT2D eigenvalue weighted by Gasteiger charge is 2.26. The van der Waals surface area contributed by atoms with E-state index in [0.29, 0.717) is 0 Å². The number of hydrogen-bond donors (Lipinski definition) is 2. The van der Waals surface area contributed by atoms with E-state index < -0.39 is 0 Å². The Labute approximate surface area is 182 Å². The first kappa shape index (κ1) is 22.2. The minimum Gasteiger partial charge on any atom is -0.465 e. The summed E-state index contributed by atoms with van der Waals surface area (Å²) in [4.78, 5) is 12.6. The minimum absolute atomic E-state index is 0. The number of guanidine groups is 1. The van der Waals surface area contributed by atoms with Gasteiger partial charge >= 0.3 is 0 Å². The predicted molar refractivity (Wildman–Crippen MR) is 122 cm³/mol. The molecule has 3 rings (SSSR count). The molecular weight excluding hydrogens is 473 g/mol. The van der Waals surface area contributed by atoms with E-state index in [1.165, 1.54) is 17.7 Å². The zero-order valence-electron chi connectivity index (χ0n) is 16.5. The van der Waals surface area contributed by atoms with E-state index in [-0.39, 0.29) is 30.0 Å². The average molecular weight is 503 g/mol. The Bertz CT molecular complexity index is 751. The summed E-state index contributed by atoms with van der Waals surface area (Å²) in [5, 5.41) is 7.98. The fourth-order valence-electron chi connectivity index (χ4n) is 3.41. The lowest BCUT2D eigenvalue weighted by Gasteiger charge is -2.26. The van der Waals surface area contributed by atoms with Gasteiger partial charge in [-0.05, 0) is 58.8 Å². The van der Waals surface area contributed by atoms with Gasteiger partial charge in [0.2, 0.25) is 0 Å². The Kier molecular flexibility index (Phi) is 8.56. The number of nitrogens with zero attached hydrogens (tertiary/aromatic N) is 3. The summed E-state index contributed by atoms with van der Waals surface area (Å²) in [5.41, 5.74) is 1.09. The van der Waals surface area contributed by atoms with Crippen molar-refractivity contribution in [2.24, 2.45) is 4.99 Å². The molecule has 2 aromatic rings. The van der Waals surface area contributed by atoms with Crippen molar-refractivity contribution in [3.05, 3.63) is 39.2 Å². The molecule has 27 heavy (non-hydrogen) atoms. The number of likely N-dealkylation sites (tertiary alicyclic amines) is 1. The van der Waals surface area contributed by atoms with Crippen molar-refractivity contribution in [3.63, 3.8) is 0 Å². The molecule has 8 heteroatoms. The highest BCUT2D eigenvalue weighted by atomic mass is 127. The first-order chi connectivity index (χ1) is 12.6. The van der Waals surface area contributed by atoms with Gasteiger partial charge in [0.05, 0.1) is 23.3 Å². The van der Waals surface area contributed by atoms with Gasteiger partial charge in [-0.3, -0.25) is 9.89 Å². The molecule has 2 N–H and O–H groups in total. The van der Waals surface area contributed by atoms with Crippen molar-refractivity contribution in [1.82, 2.24) is 20.5 Å². The van der Waals surface area contributed by atoms with Crippen LogP contribution in [0.4, 0.5) is 0 Å². The molecule has 6 nitrogen and oxygen atoms in total. The fourth-order valence-corrected chi connectivity index (χ4v) is 4.29. The number of aryl methyl sites for hydroxylation is 3. The van der Waals surface area contributed by atoms with E-state index in [0.717, 1.165) is 54.4 Å². The van der Waals surface area contributed by atoms with E-state index >= 15 is 0 Å². The maximum absolute atomic E-state index is 5.92. The van der Waals surface area contributed by atoms with Gasteiger partial charge in [0, 0.05) is 18.5 Å². The van der Waals surface area contributed by atoms with Crippen LogP contribution in [-0.2, 0) is 6.54 Å². The Morgan fingerprint density at radius 1 is 1.26 bits per heavy atom. The summed E-state index contributed by atoms with van der Waals surface area (Å²) < 4.78 is 5.92. The maximum Gasteiger partial charge on any atom is 0.191 e. The van der Waals surface area contributed by atoms with Gasteiger partial charge in [0.15, 0.2) is 5.96 Å².